The Balaban J connectivity index is 2.49. The topological polar surface area (TPSA) is 4.93 Å². The third kappa shape index (κ3) is 1.66. The summed E-state index contributed by atoms with van der Waals surface area (Å²) < 4.78 is 2.21. The summed E-state index contributed by atoms with van der Waals surface area (Å²) in [6.07, 6.45) is 2.03. The quantitative estimate of drug-likeness (QED) is 0.530. The summed E-state index contributed by atoms with van der Waals surface area (Å²) in [5, 5.41) is 2.58. The van der Waals surface area contributed by atoms with Gasteiger partial charge in [0.1, 0.15) is 0 Å². The second-order valence-corrected chi connectivity index (χ2v) is 4.68. The van der Waals surface area contributed by atoms with Crippen LogP contribution in [0.1, 0.15) is 13.8 Å². The van der Waals surface area contributed by atoms with Crippen molar-refractivity contribution in [3.63, 3.8) is 0 Å². The van der Waals surface area contributed by atoms with Gasteiger partial charge in [-0.05, 0) is 31.6 Å². The molecule has 0 aliphatic heterocycles. The van der Waals surface area contributed by atoms with Gasteiger partial charge < -0.3 is 4.57 Å². The van der Waals surface area contributed by atoms with E-state index in [-0.39, 0.29) is 0 Å². The van der Waals surface area contributed by atoms with Crippen LogP contribution in [0.25, 0.3) is 28.0 Å². The number of nitrogens with zero attached hydrogens (tertiary/aromatic N) is 1. The van der Waals surface area contributed by atoms with Crippen LogP contribution < -0.4 is 0 Å². The molecule has 0 saturated carbocycles. The number of rotatable bonds is 1. The Hall–Kier alpha value is -2.24. The van der Waals surface area contributed by atoms with Crippen molar-refractivity contribution in [2.24, 2.45) is 0 Å². The van der Waals surface area contributed by atoms with Crippen LogP contribution >= 0.6 is 0 Å². The van der Waals surface area contributed by atoms with E-state index < -0.39 is 0 Å². The number of benzene rings is 2. The van der Waals surface area contributed by atoms with E-state index in [0.29, 0.717) is 0 Å². The molecule has 0 radical (unpaired) electrons. The van der Waals surface area contributed by atoms with Gasteiger partial charge in [0.05, 0.1) is 17.2 Å². The Kier molecular flexibility index (Phi) is 2.55. The highest BCUT2D eigenvalue weighted by Gasteiger charge is 2.06. The van der Waals surface area contributed by atoms with Crippen LogP contribution in [0, 0.1) is 0 Å². The van der Waals surface area contributed by atoms with Crippen LogP contribution in [0.5, 0.6) is 0 Å². The van der Waals surface area contributed by atoms with E-state index in [4.69, 9.17) is 0 Å². The second-order valence-electron chi connectivity index (χ2n) is 4.68. The molecule has 0 atom stereocenters. The van der Waals surface area contributed by atoms with Crippen LogP contribution in [0.4, 0.5) is 0 Å². The molecule has 1 heteroatoms. The van der Waals surface area contributed by atoms with Crippen molar-refractivity contribution in [2.75, 3.05) is 0 Å². The van der Waals surface area contributed by atoms with E-state index in [1.54, 1.807) is 0 Å². The molecule has 0 fully saturated rings. The maximum Gasteiger partial charge on any atom is 0.0541 e. The van der Waals surface area contributed by atoms with Gasteiger partial charge in [0.2, 0.25) is 0 Å². The van der Waals surface area contributed by atoms with E-state index in [1.165, 1.54) is 27.4 Å². The SMILES string of the molecule is CC(C)=C=Cn1c2ccccc2c2ccccc21. The molecule has 18 heavy (non-hydrogen) atoms. The van der Waals surface area contributed by atoms with Crippen molar-refractivity contribution in [1.29, 1.82) is 0 Å². The molecule has 0 spiro atoms. The lowest BCUT2D eigenvalue weighted by Crippen LogP contribution is -1.83. The zero-order valence-corrected chi connectivity index (χ0v) is 10.6. The molecule has 3 aromatic rings. The maximum absolute atomic E-state index is 3.29. The summed E-state index contributed by atoms with van der Waals surface area (Å²) >= 11 is 0. The number of para-hydroxylation sites is 2. The average molecular weight is 233 g/mol. The normalized spacial score (nSPS) is 10.6. The van der Waals surface area contributed by atoms with Crippen molar-refractivity contribution in [3.05, 3.63) is 59.8 Å². The molecular weight excluding hydrogens is 218 g/mol. The van der Waals surface area contributed by atoms with Crippen molar-refractivity contribution in [1.82, 2.24) is 4.57 Å². The molecule has 0 unspecified atom stereocenters. The van der Waals surface area contributed by atoms with Crippen LogP contribution in [-0.4, -0.2) is 4.57 Å². The molecule has 0 aliphatic carbocycles. The van der Waals surface area contributed by atoms with Crippen molar-refractivity contribution in [3.8, 4) is 0 Å². The van der Waals surface area contributed by atoms with E-state index in [9.17, 15) is 0 Å². The first kappa shape index (κ1) is 10.9. The minimum atomic E-state index is 1.18. The lowest BCUT2D eigenvalue weighted by Gasteiger charge is -1.97. The minimum Gasteiger partial charge on any atom is -0.309 e. The molecule has 0 bridgehead atoms. The first-order valence-corrected chi connectivity index (χ1v) is 6.15. The van der Waals surface area contributed by atoms with Gasteiger partial charge >= 0.3 is 0 Å². The van der Waals surface area contributed by atoms with E-state index >= 15 is 0 Å². The molecule has 88 valence electrons. The number of aromatic nitrogens is 1. The zero-order chi connectivity index (χ0) is 12.5. The summed E-state index contributed by atoms with van der Waals surface area (Å²) in [7, 11) is 0. The molecule has 0 saturated heterocycles. The van der Waals surface area contributed by atoms with Crippen LogP contribution in [-0.2, 0) is 0 Å². The lowest BCUT2D eigenvalue weighted by atomic mass is 10.2. The van der Waals surface area contributed by atoms with E-state index in [0.717, 1.165) is 0 Å². The van der Waals surface area contributed by atoms with Gasteiger partial charge in [-0.25, -0.2) is 0 Å². The molecule has 1 aromatic heterocycles. The standard InChI is InChI=1S/C17H15N/c1-13(2)11-12-18-16-9-5-3-7-14(16)15-8-4-6-10-17(15)18/h3-10,12H,1-2H3. The van der Waals surface area contributed by atoms with Gasteiger partial charge in [0, 0.05) is 10.8 Å². The average Bonchev–Trinajstić information content (AvgIpc) is 2.71. The Bertz CT molecular complexity index is 726. The predicted octanol–water partition coefficient (Wildman–Crippen LogP) is 4.83. The van der Waals surface area contributed by atoms with Gasteiger partial charge in [-0.15, -0.1) is 5.73 Å². The minimum absolute atomic E-state index is 1.18. The molecule has 2 aromatic carbocycles. The molecule has 1 nitrogen and oxygen atoms in total. The fourth-order valence-corrected chi connectivity index (χ4v) is 2.29. The van der Waals surface area contributed by atoms with Crippen molar-refractivity contribution < 1.29 is 0 Å². The third-order valence-electron chi connectivity index (χ3n) is 3.10. The smallest absolute Gasteiger partial charge is 0.0541 e. The molecular formula is C17H15N. The summed E-state index contributed by atoms with van der Waals surface area (Å²) in [5.74, 6) is 0. The van der Waals surface area contributed by atoms with Crippen LogP contribution in [0.15, 0.2) is 59.8 Å². The maximum atomic E-state index is 3.29. The second kappa shape index (κ2) is 4.21. The first-order valence-electron chi connectivity index (χ1n) is 6.15. The van der Waals surface area contributed by atoms with Gasteiger partial charge in [0.25, 0.3) is 0 Å². The highest BCUT2D eigenvalue weighted by molar-refractivity contribution is 6.09. The number of fused-ring (bicyclic) bond motifs is 3. The predicted molar refractivity (Wildman–Crippen MR) is 78.6 cm³/mol. The van der Waals surface area contributed by atoms with Crippen LogP contribution in [0.3, 0.4) is 0 Å². The van der Waals surface area contributed by atoms with Gasteiger partial charge in [-0.3, -0.25) is 0 Å². The van der Waals surface area contributed by atoms with E-state index in [2.05, 4.69) is 72.7 Å². The Labute approximate surface area is 107 Å². The highest BCUT2D eigenvalue weighted by Crippen LogP contribution is 2.28. The summed E-state index contributed by atoms with van der Waals surface area (Å²) in [6.45, 7) is 4.12. The van der Waals surface area contributed by atoms with Gasteiger partial charge in [0.15, 0.2) is 0 Å². The summed E-state index contributed by atoms with van der Waals surface area (Å²) in [5.41, 5.74) is 6.92. The zero-order valence-electron chi connectivity index (χ0n) is 10.6. The largest absolute Gasteiger partial charge is 0.309 e. The number of hydrogen-bond acceptors (Lipinski definition) is 0. The molecule has 0 aliphatic rings. The monoisotopic (exact) mass is 233 g/mol. The molecule has 3 rings (SSSR count). The fraction of sp³-hybridized carbons (Fsp3) is 0.118. The number of hydrogen-bond donors (Lipinski definition) is 0. The Morgan fingerprint density at radius 3 is 1.89 bits per heavy atom. The van der Waals surface area contributed by atoms with Gasteiger partial charge in [-0.2, -0.15) is 0 Å². The molecule has 0 N–H and O–H groups in total. The summed E-state index contributed by atoms with van der Waals surface area (Å²) in [4.78, 5) is 0. The van der Waals surface area contributed by atoms with Crippen molar-refractivity contribution in [2.45, 2.75) is 13.8 Å². The number of allylic oxidation sites excluding steroid dienone is 1. The highest BCUT2D eigenvalue weighted by atomic mass is 14.9. The lowest BCUT2D eigenvalue weighted by molar-refractivity contribution is 1.28. The fourth-order valence-electron chi connectivity index (χ4n) is 2.29. The van der Waals surface area contributed by atoms with Crippen LogP contribution in [0.2, 0.25) is 0 Å². The van der Waals surface area contributed by atoms with Gasteiger partial charge in [-0.1, -0.05) is 36.4 Å². The summed E-state index contributed by atoms with van der Waals surface area (Å²) in [6, 6.07) is 17.0. The van der Waals surface area contributed by atoms with Crippen molar-refractivity contribution >= 4 is 28.0 Å². The molecule has 1 heterocycles. The Morgan fingerprint density at radius 2 is 1.39 bits per heavy atom. The van der Waals surface area contributed by atoms with E-state index in [1.807, 2.05) is 6.20 Å². The third-order valence-corrected chi connectivity index (χ3v) is 3.10. The first-order chi connectivity index (χ1) is 8.77. The Morgan fingerprint density at radius 1 is 0.889 bits per heavy atom. The molecule has 0 amide bonds.